The zero-order valence-electron chi connectivity index (χ0n) is 13.6. The van der Waals surface area contributed by atoms with Crippen LogP contribution in [0.5, 0.6) is 11.5 Å². The van der Waals surface area contributed by atoms with E-state index in [-0.39, 0.29) is 12.4 Å². The molecule has 6 heteroatoms. The van der Waals surface area contributed by atoms with Crippen molar-refractivity contribution < 1.29 is 9.47 Å². The summed E-state index contributed by atoms with van der Waals surface area (Å²) in [6.07, 6.45) is 3.29. The van der Waals surface area contributed by atoms with Crippen molar-refractivity contribution in [3.63, 3.8) is 0 Å². The first kappa shape index (κ1) is 18.7. The lowest BCUT2D eigenvalue weighted by atomic mass is 9.92. The molecule has 0 amide bonds. The molecule has 23 heavy (non-hydrogen) atoms. The van der Waals surface area contributed by atoms with Gasteiger partial charge < -0.3 is 15.2 Å². The van der Waals surface area contributed by atoms with Crippen molar-refractivity contribution in [1.29, 1.82) is 0 Å². The number of benzene rings is 1. The molecule has 0 saturated carbocycles. The Bertz CT molecular complexity index is 528. The van der Waals surface area contributed by atoms with E-state index < -0.39 is 0 Å². The fourth-order valence-corrected chi connectivity index (χ4v) is 3.65. The van der Waals surface area contributed by atoms with Crippen LogP contribution in [0.1, 0.15) is 31.7 Å². The van der Waals surface area contributed by atoms with Crippen LogP contribution < -0.4 is 15.2 Å². The third-order valence-corrected chi connectivity index (χ3v) is 4.90. The van der Waals surface area contributed by atoms with Gasteiger partial charge >= 0.3 is 0 Å². The van der Waals surface area contributed by atoms with Crippen LogP contribution in [-0.4, -0.2) is 37.2 Å². The van der Waals surface area contributed by atoms with Crippen LogP contribution in [0.15, 0.2) is 12.1 Å². The predicted molar refractivity (Wildman–Crippen MR) is 96.0 cm³/mol. The van der Waals surface area contributed by atoms with Crippen molar-refractivity contribution in [3.8, 4) is 11.5 Å². The molecule has 0 radical (unpaired) electrons. The molecule has 2 N–H and O–H groups in total. The van der Waals surface area contributed by atoms with Gasteiger partial charge in [0.1, 0.15) is 0 Å². The molecule has 0 aromatic heterocycles. The molecule has 3 rings (SSSR count). The summed E-state index contributed by atoms with van der Waals surface area (Å²) >= 11 is 6.38. The van der Waals surface area contributed by atoms with Gasteiger partial charge in [-0.3, -0.25) is 4.90 Å². The Kier molecular flexibility index (Phi) is 6.84. The van der Waals surface area contributed by atoms with Gasteiger partial charge in [-0.05, 0) is 43.0 Å². The fourth-order valence-electron chi connectivity index (χ4n) is 3.36. The van der Waals surface area contributed by atoms with Crippen LogP contribution in [0.4, 0.5) is 0 Å². The normalized spacial score (nSPS) is 24.7. The van der Waals surface area contributed by atoms with Gasteiger partial charge in [-0.1, -0.05) is 18.5 Å². The second-order valence-corrected chi connectivity index (χ2v) is 6.85. The van der Waals surface area contributed by atoms with Gasteiger partial charge in [-0.25, -0.2) is 0 Å². The number of nitrogens with zero attached hydrogens (tertiary/aromatic N) is 1. The Morgan fingerprint density at radius 3 is 2.87 bits per heavy atom. The Morgan fingerprint density at radius 1 is 1.30 bits per heavy atom. The van der Waals surface area contributed by atoms with Crippen LogP contribution in [0, 0.1) is 5.92 Å². The summed E-state index contributed by atoms with van der Waals surface area (Å²) < 4.78 is 11.5. The molecular weight excluding hydrogens is 335 g/mol. The van der Waals surface area contributed by atoms with Crippen LogP contribution >= 0.6 is 24.0 Å². The number of fused-ring (bicyclic) bond motifs is 1. The maximum Gasteiger partial charge on any atom is 0.179 e. The first-order chi connectivity index (χ1) is 10.7. The highest BCUT2D eigenvalue weighted by molar-refractivity contribution is 6.32. The molecule has 2 atom stereocenters. The molecule has 1 fully saturated rings. The predicted octanol–water partition coefficient (Wildman–Crippen LogP) is 3.48. The third kappa shape index (κ3) is 4.44. The maximum atomic E-state index is 6.38. The Balaban J connectivity index is 0.00000192. The largest absolute Gasteiger partial charge is 0.489 e. The number of hydrogen-bond donors (Lipinski definition) is 1. The molecule has 1 saturated heterocycles. The van der Waals surface area contributed by atoms with Gasteiger partial charge in [-0.2, -0.15) is 0 Å². The fraction of sp³-hybridized carbons (Fsp3) is 0.647. The molecule has 1 aromatic rings. The number of piperidine rings is 1. The maximum absolute atomic E-state index is 6.38. The topological polar surface area (TPSA) is 47.7 Å². The third-order valence-electron chi connectivity index (χ3n) is 4.62. The minimum Gasteiger partial charge on any atom is -0.489 e. The van der Waals surface area contributed by atoms with E-state index >= 15 is 0 Å². The average molecular weight is 361 g/mol. The van der Waals surface area contributed by atoms with Gasteiger partial charge in [-0.15, -0.1) is 12.4 Å². The summed E-state index contributed by atoms with van der Waals surface area (Å²) in [6, 6.07) is 4.53. The Labute approximate surface area is 149 Å². The lowest BCUT2D eigenvalue weighted by Gasteiger charge is -2.38. The Hall–Kier alpha value is -0.680. The number of hydrogen-bond acceptors (Lipinski definition) is 4. The smallest absolute Gasteiger partial charge is 0.179 e. The van der Waals surface area contributed by atoms with Crippen LogP contribution in [0.3, 0.4) is 0 Å². The van der Waals surface area contributed by atoms with Gasteiger partial charge in [0.25, 0.3) is 0 Å². The quantitative estimate of drug-likeness (QED) is 0.896. The zero-order valence-corrected chi connectivity index (χ0v) is 15.2. The van der Waals surface area contributed by atoms with Crippen LogP contribution in [0.25, 0.3) is 0 Å². The monoisotopic (exact) mass is 360 g/mol. The summed E-state index contributed by atoms with van der Waals surface area (Å²) in [6.45, 7) is 6.32. The highest BCUT2D eigenvalue weighted by atomic mass is 35.5. The number of halogens is 2. The van der Waals surface area contributed by atoms with E-state index in [1.54, 1.807) is 0 Å². The molecular formula is C17H26Cl2N2O2. The van der Waals surface area contributed by atoms with Crippen molar-refractivity contribution in [2.75, 3.05) is 26.3 Å². The van der Waals surface area contributed by atoms with Crippen molar-refractivity contribution in [1.82, 2.24) is 4.90 Å². The number of ether oxygens (including phenoxy) is 2. The summed E-state index contributed by atoms with van der Waals surface area (Å²) in [7, 11) is 0. The molecule has 2 unspecified atom stereocenters. The van der Waals surface area contributed by atoms with Gasteiger partial charge in [0.15, 0.2) is 11.5 Å². The standard InChI is InChI=1S/C17H25ClN2O2.ClH/c1-12-3-4-20(14(7-12)10-19)11-13-8-15(18)17-16(9-13)21-5-2-6-22-17;/h8-9,12,14H,2-7,10-11,19H2,1H3;1H. The summed E-state index contributed by atoms with van der Waals surface area (Å²) in [5.74, 6) is 2.22. The molecule has 2 aliphatic rings. The lowest BCUT2D eigenvalue weighted by molar-refractivity contribution is 0.115. The molecule has 0 spiro atoms. The molecule has 4 nitrogen and oxygen atoms in total. The van der Waals surface area contributed by atoms with E-state index in [4.69, 9.17) is 26.8 Å². The van der Waals surface area contributed by atoms with Crippen LogP contribution in [0.2, 0.25) is 5.02 Å². The van der Waals surface area contributed by atoms with Gasteiger partial charge in [0.05, 0.1) is 18.2 Å². The summed E-state index contributed by atoms with van der Waals surface area (Å²) in [5.41, 5.74) is 7.13. The first-order valence-electron chi connectivity index (χ1n) is 8.19. The molecule has 0 bridgehead atoms. The van der Waals surface area contributed by atoms with E-state index in [9.17, 15) is 0 Å². The van der Waals surface area contributed by atoms with Crippen molar-refractivity contribution in [2.45, 2.75) is 38.8 Å². The Morgan fingerprint density at radius 2 is 2.09 bits per heavy atom. The number of nitrogens with two attached hydrogens (primary N) is 1. The van der Waals surface area contributed by atoms with E-state index in [0.717, 1.165) is 31.2 Å². The zero-order chi connectivity index (χ0) is 15.5. The van der Waals surface area contributed by atoms with Gasteiger partial charge in [0, 0.05) is 25.6 Å². The second kappa shape index (κ2) is 8.43. The second-order valence-electron chi connectivity index (χ2n) is 6.44. The highest BCUT2D eigenvalue weighted by Gasteiger charge is 2.26. The van der Waals surface area contributed by atoms with E-state index in [0.29, 0.717) is 36.6 Å². The van der Waals surface area contributed by atoms with E-state index in [1.165, 1.54) is 18.4 Å². The minimum absolute atomic E-state index is 0. The van der Waals surface area contributed by atoms with Crippen LogP contribution in [-0.2, 0) is 6.54 Å². The number of rotatable bonds is 3. The molecule has 1 aromatic carbocycles. The molecule has 2 aliphatic heterocycles. The minimum atomic E-state index is 0. The van der Waals surface area contributed by atoms with E-state index in [2.05, 4.69) is 17.9 Å². The average Bonchev–Trinajstić information content (AvgIpc) is 2.75. The summed E-state index contributed by atoms with van der Waals surface area (Å²) in [5, 5.41) is 0.643. The van der Waals surface area contributed by atoms with Crippen molar-refractivity contribution in [3.05, 3.63) is 22.7 Å². The SMILES string of the molecule is CC1CCN(Cc2cc(Cl)c3c(c2)OCCCO3)C(CN)C1.Cl. The lowest BCUT2D eigenvalue weighted by Crippen LogP contribution is -2.45. The summed E-state index contributed by atoms with van der Waals surface area (Å²) in [4.78, 5) is 2.47. The molecule has 2 heterocycles. The van der Waals surface area contributed by atoms with Crippen molar-refractivity contribution in [2.24, 2.45) is 11.7 Å². The molecule has 0 aliphatic carbocycles. The number of likely N-dealkylation sites (tertiary alicyclic amines) is 1. The van der Waals surface area contributed by atoms with E-state index in [1.807, 2.05) is 6.07 Å². The highest BCUT2D eigenvalue weighted by Crippen LogP contribution is 2.38. The van der Waals surface area contributed by atoms with Gasteiger partial charge in [0.2, 0.25) is 0 Å². The molecule has 130 valence electrons. The first-order valence-corrected chi connectivity index (χ1v) is 8.57. The van der Waals surface area contributed by atoms with Crippen molar-refractivity contribution >= 4 is 24.0 Å².